The lowest BCUT2D eigenvalue weighted by Gasteiger charge is -2.23. The minimum absolute atomic E-state index is 0. The zero-order chi connectivity index (χ0) is 19.5. The number of anilines is 3. The molecule has 29 heavy (non-hydrogen) atoms. The van der Waals surface area contributed by atoms with Gasteiger partial charge in [-0.15, -0.1) is 0 Å². The molecule has 0 bridgehead atoms. The van der Waals surface area contributed by atoms with E-state index in [1.807, 2.05) is 12.4 Å². The molecule has 0 saturated heterocycles. The second-order valence-corrected chi connectivity index (χ2v) is 8.06. The molecule has 5 rings (SSSR count). The van der Waals surface area contributed by atoms with Crippen LogP contribution in [0.4, 0.5) is 17.3 Å². The predicted molar refractivity (Wildman–Crippen MR) is 120 cm³/mol. The van der Waals surface area contributed by atoms with Crippen LogP contribution < -0.4 is 10.2 Å². The molecule has 1 N–H and O–H groups in total. The van der Waals surface area contributed by atoms with Gasteiger partial charge in [-0.1, -0.05) is 31.4 Å². The van der Waals surface area contributed by atoms with Crippen LogP contribution in [0.25, 0.3) is 11.0 Å². The van der Waals surface area contributed by atoms with Crippen molar-refractivity contribution in [3.8, 4) is 0 Å². The summed E-state index contributed by atoms with van der Waals surface area (Å²) in [6.07, 6.45) is 16.8. The number of aromatic nitrogens is 4. The molecule has 1 aliphatic heterocycles. The third-order valence-electron chi connectivity index (χ3n) is 6.04. The van der Waals surface area contributed by atoms with Crippen LogP contribution in [0.5, 0.6) is 0 Å². The number of benzene rings is 1. The Hall–Kier alpha value is -2.89. The van der Waals surface area contributed by atoms with Gasteiger partial charge in [0.1, 0.15) is 0 Å². The fourth-order valence-corrected chi connectivity index (χ4v) is 4.44. The number of rotatable bonds is 4. The minimum atomic E-state index is 0. The van der Waals surface area contributed by atoms with Gasteiger partial charge in [0.2, 0.25) is 5.95 Å². The highest BCUT2D eigenvalue weighted by atomic mass is 15.3. The molecule has 3 heterocycles. The zero-order valence-corrected chi connectivity index (χ0v) is 16.8. The second-order valence-electron chi connectivity index (χ2n) is 8.06. The van der Waals surface area contributed by atoms with Crippen LogP contribution in [0.15, 0.2) is 48.8 Å². The van der Waals surface area contributed by atoms with E-state index in [1.54, 1.807) is 0 Å². The maximum absolute atomic E-state index is 4.79. The summed E-state index contributed by atoms with van der Waals surface area (Å²) in [4.78, 5) is 11.7. The van der Waals surface area contributed by atoms with Gasteiger partial charge in [-0.05, 0) is 49.9 Å². The first kappa shape index (κ1) is 18.2. The summed E-state index contributed by atoms with van der Waals surface area (Å²) >= 11 is 0. The van der Waals surface area contributed by atoms with Gasteiger partial charge in [0.05, 0.1) is 17.6 Å². The van der Waals surface area contributed by atoms with Gasteiger partial charge < -0.3 is 10.2 Å². The van der Waals surface area contributed by atoms with Crippen molar-refractivity contribution in [3.63, 3.8) is 0 Å². The number of hydrogen-bond acceptors (Lipinski definition) is 5. The van der Waals surface area contributed by atoms with Crippen molar-refractivity contribution in [1.29, 1.82) is 0 Å². The molecule has 0 unspecified atom stereocenters. The average molecular weight is 391 g/mol. The Bertz CT molecular complexity index is 981. The first-order chi connectivity index (χ1) is 14.4. The summed E-state index contributed by atoms with van der Waals surface area (Å²) in [5.41, 5.74) is 3.21. The second kappa shape index (κ2) is 8.23. The van der Waals surface area contributed by atoms with Gasteiger partial charge in [-0.2, -0.15) is 10.1 Å². The third kappa shape index (κ3) is 3.97. The van der Waals surface area contributed by atoms with Crippen LogP contribution in [0.1, 0.15) is 52.4 Å². The van der Waals surface area contributed by atoms with E-state index in [-0.39, 0.29) is 1.43 Å². The molecule has 6 heteroatoms. The lowest BCUT2D eigenvalue weighted by atomic mass is 9.96. The molecule has 0 atom stereocenters. The quantitative estimate of drug-likeness (QED) is 0.598. The van der Waals surface area contributed by atoms with E-state index in [0.717, 1.165) is 42.7 Å². The Kier molecular flexibility index (Phi) is 5.15. The number of fused-ring (bicyclic) bond motifs is 1. The van der Waals surface area contributed by atoms with E-state index in [9.17, 15) is 0 Å². The molecular formula is C23H30N6. The summed E-state index contributed by atoms with van der Waals surface area (Å²) in [5.74, 6) is 0.627. The SMILES string of the molecule is C1=CCCN(c2ccc(Nc3ncc4cnn(C5CCCCC5)c4n3)cc2)CC1.[HH]. The summed E-state index contributed by atoms with van der Waals surface area (Å²) in [6.45, 7) is 2.16. The Morgan fingerprint density at radius 2 is 1.69 bits per heavy atom. The molecule has 1 saturated carbocycles. The first-order valence-electron chi connectivity index (χ1n) is 10.8. The molecule has 6 nitrogen and oxygen atoms in total. The fraction of sp³-hybridized carbons (Fsp3) is 0.435. The Morgan fingerprint density at radius 3 is 2.45 bits per heavy atom. The predicted octanol–water partition coefficient (Wildman–Crippen LogP) is 5.48. The van der Waals surface area contributed by atoms with Crippen molar-refractivity contribution in [2.24, 2.45) is 0 Å². The minimum Gasteiger partial charge on any atom is -0.371 e. The van der Waals surface area contributed by atoms with Crippen molar-refractivity contribution in [3.05, 3.63) is 48.8 Å². The van der Waals surface area contributed by atoms with Crippen LogP contribution in [0, 0.1) is 0 Å². The van der Waals surface area contributed by atoms with E-state index in [0.29, 0.717) is 12.0 Å². The summed E-state index contributed by atoms with van der Waals surface area (Å²) in [7, 11) is 0. The standard InChI is InChI=1S/C23H28N6.H2/c1-2-7-15-28(14-6-1)20-12-10-19(11-13-20)26-23-24-16-18-17-25-29(22(18)27-23)21-8-4-3-5-9-21;/h1-2,10-13,16-17,21H,3-9,14-15H2,(H,24,26,27);1H. The Balaban J connectivity index is 0.00000218. The van der Waals surface area contributed by atoms with Crippen molar-refractivity contribution >= 4 is 28.4 Å². The van der Waals surface area contributed by atoms with Gasteiger partial charge in [0, 0.05) is 32.1 Å². The molecular weight excluding hydrogens is 360 g/mol. The maximum atomic E-state index is 4.79. The van der Waals surface area contributed by atoms with Gasteiger partial charge in [0.25, 0.3) is 0 Å². The van der Waals surface area contributed by atoms with E-state index < -0.39 is 0 Å². The molecule has 2 aromatic heterocycles. The normalized spacial score (nSPS) is 18.1. The maximum Gasteiger partial charge on any atom is 0.229 e. The van der Waals surface area contributed by atoms with Crippen molar-refractivity contribution in [1.82, 2.24) is 19.7 Å². The summed E-state index contributed by atoms with van der Waals surface area (Å²) in [5, 5.41) is 8.98. The van der Waals surface area contributed by atoms with E-state index in [2.05, 4.69) is 61.4 Å². The van der Waals surface area contributed by atoms with Crippen LogP contribution in [-0.2, 0) is 0 Å². The Morgan fingerprint density at radius 1 is 0.931 bits per heavy atom. The van der Waals surface area contributed by atoms with E-state index in [1.165, 1.54) is 37.8 Å². The van der Waals surface area contributed by atoms with Crippen LogP contribution in [-0.4, -0.2) is 32.8 Å². The van der Waals surface area contributed by atoms with Gasteiger partial charge >= 0.3 is 0 Å². The molecule has 3 aromatic rings. The molecule has 1 fully saturated rings. The molecule has 0 radical (unpaired) electrons. The largest absolute Gasteiger partial charge is 0.371 e. The molecule has 2 aliphatic rings. The topological polar surface area (TPSA) is 58.9 Å². The summed E-state index contributed by atoms with van der Waals surface area (Å²) < 4.78 is 2.11. The average Bonchev–Trinajstić information content (AvgIpc) is 3.00. The fourth-order valence-electron chi connectivity index (χ4n) is 4.44. The summed E-state index contributed by atoms with van der Waals surface area (Å²) in [6, 6.07) is 9.04. The van der Waals surface area contributed by atoms with Gasteiger partial charge in [-0.25, -0.2) is 9.67 Å². The van der Waals surface area contributed by atoms with Gasteiger partial charge in [-0.3, -0.25) is 0 Å². The van der Waals surface area contributed by atoms with Crippen LogP contribution in [0.3, 0.4) is 0 Å². The molecule has 0 amide bonds. The molecule has 1 aromatic carbocycles. The molecule has 1 aliphatic carbocycles. The lowest BCUT2D eigenvalue weighted by molar-refractivity contribution is 0.336. The monoisotopic (exact) mass is 390 g/mol. The van der Waals surface area contributed by atoms with Crippen molar-refractivity contribution < 1.29 is 1.43 Å². The number of nitrogens with one attached hydrogen (secondary N) is 1. The van der Waals surface area contributed by atoms with Crippen molar-refractivity contribution in [2.45, 2.75) is 51.0 Å². The third-order valence-corrected chi connectivity index (χ3v) is 6.04. The van der Waals surface area contributed by atoms with Crippen LogP contribution in [0.2, 0.25) is 0 Å². The zero-order valence-electron chi connectivity index (χ0n) is 16.8. The lowest BCUT2D eigenvalue weighted by Crippen LogP contribution is -2.23. The smallest absolute Gasteiger partial charge is 0.229 e. The van der Waals surface area contributed by atoms with E-state index >= 15 is 0 Å². The highest BCUT2D eigenvalue weighted by Gasteiger charge is 2.19. The number of hydrogen-bond donors (Lipinski definition) is 1. The first-order valence-corrected chi connectivity index (χ1v) is 10.8. The molecule has 0 spiro atoms. The number of nitrogens with zero attached hydrogens (tertiary/aromatic N) is 5. The molecule has 152 valence electrons. The highest BCUT2D eigenvalue weighted by Crippen LogP contribution is 2.30. The van der Waals surface area contributed by atoms with E-state index in [4.69, 9.17) is 4.98 Å². The van der Waals surface area contributed by atoms with Gasteiger partial charge in [0.15, 0.2) is 5.65 Å². The van der Waals surface area contributed by atoms with Crippen molar-refractivity contribution in [2.75, 3.05) is 23.3 Å². The van der Waals surface area contributed by atoms with Crippen LogP contribution >= 0.6 is 0 Å². The highest BCUT2D eigenvalue weighted by molar-refractivity contribution is 5.75. The Labute approximate surface area is 173 Å².